The number of thioether (sulfide) groups is 1. The third-order valence-corrected chi connectivity index (χ3v) is 6.81. The average molecular weight is 443 g/mol. The van der Waals surface area contributed by atoms with Crippen molar-refractivity contribution in [2.45, 2.75) is 18.8 Å². The van der Waals surface area contributed by atoms with Gasteiger partial charge in [0.05, 0.1) is 5.92 Å². The van der Waals surface area contributed by atoms with Crippen LogP contribution in [0.1, 0.15) is 24.7 Å². The van der Waals surface area contributed by atoms with E-state index in [-0.39, 0.29) is 5.92 Å². The number of hydrogen-bond donors (Lipinski definition) is 0. The van der Waals surface area contributed by atoms with Gasteiger partial charge in [-0.1, -0.05) is 16.8 Å². The van der Waals surface area contributed by atoms with Crippen LogP contribution in [0.3, 0.4) is 0 Å². The van der Waals surface area contributed by atoms with Crippen LogP contribution in [0.2, 0.25) is 5.02 Å². The summed E-state index contributed by atoms with van der Waals surface area (Å²) in [5, 5.41) is 4.87. The molecule has 0 radical (unpaired) electrons. The molecule has 2 aromatic heterocycles. The molecule has 30 heavy (non-hydrogen) atoms. The quantitative estimate of drug-likeness (QED) is 0.597. The molecule has 1 unspecified atom stereocenters. The van der Waals surface area contributed by atoms with E-state index in [1.54, 1.807) is 6.33 Å². The molecule has 0 amide bonds. The van der Waals surface area contributed by atoms with Gasteiger partial charge >= 0.3 is 0 Å². The minimum absolute atomic E-state index is 0.192. The lowest BCUT2D eigenvalue weighted by atomic mass is 9.98. The Labute approximate surface area is 184 Å². The van der Waals surface area contributed by atoms with Crippen LogP contribution in [0.25, 0.3) is 11.4 Å². The highest BCUT2D eigenvalue weighted by molar-refractivity contribution is 7.99. The van der Waals surface area contributed by atoms with E-state index in [9.17, 15) is 0 Å². The van der Waals surface area contributed by atoms with Gasteiger partial charge in [-0.2, -0.15) is 16.7 Å². The lowest BCUT2D eigenvalue weighted by Gasteiger charge is -2.33. The molecule has 2 aliphatic heterocycles. The molecular weight excluding hydrogens is 420 g/mol. The summed E-state index contributed by atoms with van der Waals surface area (Å²) in [7, 11) is 0. The van der Waals surface area contributed by atoms with Gasteiger partial charge in [0.1, 0.15) is 18.0 Å². The standard InChI is InChI=1S/C21H23ClN6OS/c22-17-5-3-15(4-6-17)20-25-21(29-26-20)16-2-1-7-28(13-16)19-12-18(23-14-24-19)27-8-10-30-11-9-27/h3-6,12,14,16H,1-2,7-11,13H2. The van der Waals surface area contributed by atoms with Crippen LogP contribution in [0, 0.1) is 0 Å². The van der Waals surface area contributed by atoms with E-state index >= 15 is 0 Å². The molecule has 7 nitrogen and oxygen atoms in total. The molecule has 0 bridgehead atoms. The molecule has 4 heterocycles. The Bertz CT molecular complexity index is 991. The maximum atomic E-state index is 5.98. The molecule has 0 spiro atoms. The molecule has 156 valence electrons. The normalized spacial score (nSPS) is 19.8. The van der Waals surface area contributed by atoms with Crippen LogP contribution in [-0.2, 0) is 0 Å². The zero-order chi connectivity index (χ0) is 20.3. The molecule has 0 saturated carbocycles. The van der Waals surface area contributed by atoms with Crippen molar-refractivity contribution in [3.8, 4) is 11.4 Å². The van der Waals surface area contributed by atoms with Crippen LogP contribution in [0.4, 0.5) is 11.6 Å². The van der Waals surface area contributed by atoms with Crippen molar-refractivity contribution < 1.29 is 4.52 Å². The van der Waals surface area contributed by atoms with Crippen molar-refractivity contribution in [2.75, 3.05) is 47.5 Å². The topological polar surface area (TPSA) is 71.2 Å². The fourth-order valence-electron chi connectivity index (χ4n) is 3.98. The molecule has 3 aromatic rings. The predicted molar refractivity (Wildman–Crippen MR) is 121 cm³/mol. The first-order valence-corrected chi connectivity index (χ1v) is 11.8. The van der Waals surface area contributed by atoms with Gasteiger partial charge in [-0.15, -0.1) is 0 Å². The molecular formula is C21H23ClN6OS. The summed E-state index contributed by atoms with van der Waals surface area (Å²) in [5.74, 6) is 5.78. The Morgan fingerprint density at radius 2 is 1.77 bits per heavy atom. The first-order valence-electron chi connectivity index (χ1n) is 10.3. The highest BCUT2D eigenvalue weighted by atomic mass is 35.5. The molecule has 2 aliphatic rings. The minimum Gasteiger partial charge on any atom is -0.356 e. The number of hydrogen-bond acceptors (Lipinski definition) is 8. The van der Waals surface area contributed by atoms with Crippen molar-refractivity contribution in [3.05, 3.63) is 47.6 Å². The Balaban J connectivity index is 1.31. The monoisotopic (exact) mass is 442 g/mol. The number of anilines is 2. The summed E-state index contributed by atoms with van der Waals surface area (Å²) in [4.78, 5) is 18.4. The number of rotatable bonds is 4. The third kappa shape index (κ3) is 4.25. The maximum absolute atomic E-state index is 5.98. The Morgan fingerprint density at radius 1 is 1.00 bits per heavy atom. The second kappa shape index (κ2) is 8.81. The summed E-state index contributed by atoms with van der Waals surface area (Å²) in [6.45, 7) is 3.87. The molecule has 1 aromatic carbocycles. The van der Waals surface area contributed by atoms with Gasteiger partial charge in [0, 0.05) is 54.3 Å². The molecule has 5 rings (SSSR count). The number of benzene rings is 1. The van der Waals surface area contributed by atoms with E-state index in [4.69, 9.17) is 16.1 Å². The number of aromatic nitrogens is 4. The SMILES string of the molecule is Clc1ccc(-c2noc(C3CCCN(c4cc(N5CCSCC5)ncn4)C3)n2)cc1. The molecule has 0 aliphatic carbocycles. The van der Waals surface area contributed by atoms with Crippen molar-refractivity contribution in [2.24, 2.45) is 0 Å². The van der Waals surface area contributed by atoms with Gasteiger partial charge in [-0.3, -0.25) is 0 Å². The molecule has 2 saturated heterocycles. The van der Waals surface area contributed by atoms with E-state index < -0.39 is 0 Å². The molecule has 9 heteroatoms. The number of nitrogens with zero attached hydrogens (tertiary/aromatic N) is 6. The van der Waals surface area contributed by atoms with E-state index in [1.165, 1.54) is 0 Å². The summed E-state index contributed by atoms with van der Waals surface area (Å²) < 4.78 is 5.63. The third-order valence-electron chi connectivity index (χ3n) is 5.61. The van der Waals surface area contributed by atoms with E-state index in [1.807, 2.05) is 36.0 Å². The minimum atomic E-state index is 0.192. The Kier molecular flexibility index (Phi) is 5.77. The van der Waals surface area contributed by atoms with Gasteiger partial charge < -0.3 is 14.3 Å². The summed E-state index contributed by atoms with van der Waals surface area (Å²) in [5.41, 5.74) is 0.905. The highest BCUT2D eigenvalue weighted by Crippen LogP contribution is 2.31. The maximum Gasteiger partial charge on any atom is 0.231 e. The lowest BCUT2D eigenvalue weighted by Crippen LogP contribution is -2.36. The van der Waals surface area contributed by atoms with Gasteiger partial charge in [0.15, 0.2) is 0 Å². The largest absolute Gasteiger partial charge is 0.356 e. The van der Waals surface area contributed by atoms with Crippen molar-refractivity contribution in [3.63, 3.8) is 0 Å². The first kappa shape index (κ1) is 19.6. The van der Waals surface area contributed by atoms with E-state index in [0.29, 0.717) is 16.7 Å². The summed E-state index contributed by atoms with van der Waals surface area (Å²) in [6.07, 6.45) is 3.77. The zero-order valence-electron chi connectivity index (χ0n) is 16.6. The second-order valence-corrected chi connectivity index (χ2v) is 9.24. The Morgan fingerprint density at radius 3 is 2.57 bits per heavy atom. The summed E-state index contributed by atoms with van der Waals surface area (Å²) >= 11 is 7.98. The van der Waals surface area contributed by atoms with Gasteiger partial charge in [0.25, 0.3) is 0 Å². The van der Waals surface area contributed by atoms with Crippen molar-refractivity contribution in [1.82, 2.24) is 20.1 Å². The van der Waals surface area contributed by atoms with Gasteiger partial charge in [0.2, 0.25) is 11.7 Å². The summed E-state index contributed by atoms with van der Waals surface area (Å²) in [6, 6.07) is 9.61. The van der Waals surface area contributed by atoms with E-state index in [2.05, 4.69) is 36.0 Å². The van der Waals surface area contributed by atoms with Crippen LogP contribution < -0.4 is 9.80 Å². The van der Waals surface area contributed by atoms with Crippen LogP contribution in [0.15, 0.2) is 41.2 Å². The Hall–Kier alpha value is -2.32. The van der Waals surface area contributed by atoms with Gasteiger partial charge in [-0.25, -0.2) is 9.97 Å². The van der Waals surface area contributed by atoms with Crippen molar-refractivity contribution in [1.29, 1.82) is 0 Å². The second-order valence-electron chi connectivity index (χ2n) is 7.58. The highest BCUT2D eigenvalue weighted by Gasteiger charge is 2.27. The van der Waals surface area contributed by atoms with Crippen LogP contribution in [-0.4, -0.2) is 57.8 Å². The van der Waals surface area contributed by atoms with Gasteiger partial charge in [-0.05, 0) is 37.1 Å². The fraction of sp³-hybridized carbons (Fsp3) is 0.429. The number of halogens is 1. The molecule has 0 N–H and O–H groups in total. The number of piperidine rings is 1. The molecule has 1 atom stereocenters. The molecule has 2 fully saturated rings. The first-order chi connectivity index (χ1) is 14.8. The predicted octanol–water partition coefficient (Wildman–Crippen LogP) is 4.12. The average Bonchev–Trinajstić information content (AvgIpc) is 3.31. The van der Waals surface area contributed by atoms with Crippen molar-refractivity contribution >= 4 is 35.0 Å². The fourth-order valence-corrected chi connectivity index (χ4v) is 5.01. The van der Waals surface area contributed by atoms with Crippen LogP contribution in [0.5, 0.6) is 0 Å². The van der Waals surface area contributed by atoms with E-state index in [0.717, 1.165) is 67.7 Å². The lowest BCUT2D eigenvalue weighted by molar-refractivity contribution is 0.333. The van der Waals surface area contributed by atoms with Crippen LogP contribution >= 0.6 is 23.4 Å². The zero-order valence-corrected chi connectivity index (χ0v) is 18.1. The smallest absolute Gasteiger partial charge is 0.231 e.